The van der Waals surface area contributed by atoms with Crippen molar-refractivity contribution in [2.45, 2.75) is 71.6 Å². The first-order chi connectivity index (χ1) is 14.9. The maximum Gasteiger partial charge on any atom is 0.340 e. The average molecular weight is 423 g/mol. The molecule has 1 aromatic carbocycles. The molecule has 1 N–H and O–H groups in total. The van der Waals surface area contributed by atoms with E-state index in [-0.39, 0.29) is 19.0 Å². The first-order valence-electron chi connectivity index (χ1n) is 11.1. The zero-order valence-electron chi connectivity index (χ0n) is 18.5. The fourth-order valence-electron chi connectivity index (χ4n) is 4.57. The van der Waals surface area contributed by atoms with Crippen molar-refractivity contribution in [3.05, 3.63) is 51.8 Å². The van der Waals surface area contributed by atoms with Gasteiger partial charge in [0.05, 0.1) is 12.1 Å². The van der Waals surface area contributed by atoms with Crippen LogP contribution in [0.1, 0.15) is 78.1 Å². The highest BCUT2D eigenvalue weighted by Crippen LogP contribution is 2.36. The summed E-state index contributed by atoms with van der Waals surface area (Å²) in [6.07, 6.45) is 6.81. The lowest BCUT2D eigenvalue weighted by atomic mass is 9.86. The van der Waals surface area contributed by atoms with E-state index in [1.54, 1.807) is 6.07 Å². The lowest BCUT2D eigenvalue weighted by molar-refractivity contribution is -0.140. The van der Waals surface area contributed by atoms with Crippen molar-refractivity contribution in [3.8, 4) is 11.5 Å². The topological polar surface area (TPSA) is 81.0 Å². The first kappa shape index (κ1) is 21.3. The third-order valence-electron chi connectivity index (χ3n) is 6.54. The Labute approximate surface area is 183 Å². The maximum atomic E-state index is 11.2. The second-order valence-electron chi connectivity index (χ2n) is 8.73. The van der Waals surface area contributed by atoms with Crippen LogP contribution in [0.2, 0.25) is 0 Å². The molecule has 1 aliphatic carbocycles. The predicted octanol–water partition coefficient (Wildman–Crippen LogP) is 5.03. The molecule has 0 spiro atoms. The minimum atomic E-state index is -0.341. The van der Waals surface area contributed by atoms with Gasteiger partial charge in [0.2, 0.25) is 0 Å². The molecule has 4 rings (SSSR count). The van der Waals surface area contributed by atoms with Gasteiger partial charge >= 0.3 is 5.97 Å². The van der Waals surface area contributed by atoms with Crippen LogP contribution in [-0.2, 0) is 16.1 Å². The third-order valence-corrected chi connectivity index (χ3v) is 6.54. The fourth-order valence-corrected chi connectivity index (χ4v) is 4.57. The SMILES string of the molecule is Cc1cc(OCC2=NOC(=O)C2)c(C)c(C)c1Cc1ccc(O)c(C2CCCCC2)n1. The zero-order chi connectivity index (χ0) is 22.0. The van der Waals surface area contributed by atoms with Gasteiger partial charge in [-0.25, -0.2) is 4.79 Å². The van der Waals surface area contributed by atoms with E-state index in [0.29, 0.717) is 23.8 Å². The zero-order valence-corrected chi connectivity index (χ0v) is 18.5. The molecule has 0 radical (unpaired) electrons. The summed E-state index contributed by atoms with van der Waals surface area (Å²) in [6, 6.07) is 5.76. The van der Waals surface area contributed by atoms with E-state index in [2.05, 4.69) is 23.8 Å². The number of nitrogens with zero attached hydrogens (tertiary/aromatic N) is 2. The molecule has 1 saturated carbocycles. The van der Waals surface area contributed by atoms with E-state index >= 15 is 0 Å². The molecule has 0 unspecified atom stereocenters. The number of carbonyl (C=O) groups excluding carboxylic acids is 1. The second kappa shape index (κ2) is 9.08. The summed E-state index contributed by atoms with van der Waals surface area (Å²) in [5.41, 5.74) is 7.05. The quantitative estimate of drug-likeness (QED) is 0.660. The Morgan fingerprint density at radius 1 is 1.13 bits per heavy atom. The van der Waals surface area contributed by atoms with Crippen molar-refractivity contribution in [2.24, 2.45) is 5.16 Å². The largest absolute Gasteiger partial charge is 0.506 e. The molecule has 0 bridgehead atoms. The number of ether oxygens (including phenoxy) is 1. The molecule has 6 heteroatoms. The number of aromatic hydroxyl groups is 1. The van der Waals surface area contributed by atoms with E-state index in [1.165, 1.54) is 30.4 Å². The van der Waals surface area contributed by atoms with Gasteiger partial charge in [-0.1, -0.05) is 24.4 Å². The highest BCUT2D eigenvalue weighted by Gasteiger charge is 2.22. The Kier molecular flexibility index (Phi) is 6.25. The fraction of sp³-hybridized carbons (Fsp3) is 0.480. The molecule has 1 aromatic heterocycles. The van der Waals surface area contributed by atoms with Crippen LogP contribution in [0.3, 0.4) is 0 Å². The first-order valence-corrected chi connectivity index (χ1v) is 11.1. The number of aromatic nitrogens is 1. The van der Waals surface area contributed by atoms with Crippen LogP contribution in [0.4, 0.5) is 0 Å². The molecule has 2 aliphatic rings. The Balaban J connectivity index is 1.53. The molecule has 31 heavy (non-hydrogen) atoms. The van der Waals surface area contributed by atoms with Gasteiger partial charge < -0.3 is 14.7 Å². The van der Waals surface area contributed by atoms with Gasteiger partial charge in [0.15, 0.2) is 0 Å². The van der Waals surface area contributed by atoms with E-state index < -0.39 is 0 Å². The number of benzene rings is 1. The molecule has 0 atom stereocenters. The van der Waals surface area contributed by atoms with Gasteiger partial charge in [0.1, 0.15) is 23.8 Å². The molecule has 2 heterocycles. The highest BCUT2D eigenvalue weighted by molar-refractivity contribution is 6.02. The van der Waals surface area contributed by atoms with Gasteiger partial charge in [-0.15, -0.1) is 0 Å². The van der Waals surface area contributed by atoms with Crippen LogP contribution in [0.15, 0.2) is 23.4 Å². The molecule has 6 nitrogen and oxygen atoms in total. The van der Waals surface area contributed by atoms with Crippen LogP contribution >= 0.6 is 0 Å². The molecule has 2 aromatic rings. The summed E-state index contributed by atoms with van der Waals surface area (Å²) in [7, 11) is 0. The van der Waals surface area contributed by atoms with Crippen LogP contribution in [0.5, 0.6) is 11.5 Å². The summed E-state index contributed by atoms with van der Waals surface area (Å²) in [5.74, 6) is 1.14. The van der Waals surface area contributed by atoms with E-state index in [4.69, 9.17) is 9.72 Å². The van der Waals surface area contributed by atoms with Crippen LogP contribution in [0, 0.1) is 20.8 Å². The Bertz CT molecular complexity index is 1020. The van der Waals surface area contributed by atoms with Crippen LogP contribution < -0.4 is 4.74 Å². The number of hydrogen-bond donors (Lipinski definition) is 1. The molecule has 1 fully saturated rings. The summed E-state index contributed by atoms with van der Waals surface area (Å²) >= 11 is 0. The lowest BCUT2D eigenvalue weighted by Crippen LogP contribution is -2.12. The number of pyridine rings is 1. The molecule has 0 saturated heterocycles. The van der Waals surface area contributed by atoms with Gasteiger partial charge in [0.25, 0.3) is 0 Å². The number of rotatable bonds is 6. The normalized spacial score (nSPS) is 16.9. The van der Waals surface area contributed by atoms with Gasteiger partial charge in [-0.05, 0) is 74.1 Å². The monoisotopic (exact) mass is 422 g/mol. The molecular formula is C25H30N2O4. The minimum Gasteiger partial charge on any atom is -0.506 e. The number of hydrogen-bond acceptors (Lipinski definition) is 6. The van der Waals surface area contributed by atoms with Crippen molar-refractivity contribution >= 4 is 11.7 Å². The van der Waals surface area contributed by atoms with E-state index in [9.17, 15) is 9.90 Å². The van der Waals surface area contributed by atoms with E-state index in [0.717, 1.165) is 41.1 Å². The van der Waals surface area contributed by atoms with Crippen molar-refractivity contribution in [1.29, 1.82) is 0 Å². The summed E-state index contributed by atoms with van der Waals surface area (Å²) < 4.78 is 5.94. The van der Waals surface area contributed by atoms with E-state index in [1.807, 2.05) is 19.1 Å². The molecule has 0 amide bonds. The van der Waals surface area contributed by atoms with Gasteiger partial charge in [-0.2, -0.15) is 0 Å². The molecule has 1 aliphatic heterocycles. The molecule has 164 valence electrons. The predicted molar refractivity (Wildman–Crippen MR) is 119 cm³/mol. The second-order valence-corrected chi connectivity index (χ2v) is 8.73. The smallest absolute Gasteiger partial charge is 0.340 e. The summed E-state index contributed by atoms with van der Waals surface area (Å²) in [5, 5.41) is 14.1. The van der Waals surface area contributed by atoms with Gasteiger partial charge in [0, 0.05) is 18.0 Å². The van der Waals surface area contributed by atoms with Crippen molar-refractivity contribution in [2.75, 3.05) is 6.61 Å². The van der Waals surface area contributed by atoms with Crippen molar-refractivity contribution < 1.29 is 19.5 Å². The summed E-state index contributed by atoms with van der Waals surface area (Å²) in [6.45, 7) is 6.47. The maximum absolute atomic E-state index is 11.2. The Morgan fingerprint density at radius 3 is 2.61 bits per heavy atom. The van der Waals surface area contributed by atoms with Crippen molar-refractivity contribution in [3.63, 3.8) is 0 Å². The minimum absolute atomic E-state index is 0.185. The summed E-state index contributed by atoms with van der Waals surface area (Å²) in [4.78, 5) is 20.7. The van der Waals surface area contributed by atoms with Crippen LogP contribution in [0.25, 0.3) is 0 Å². The standard InChI is InChI=1S/C25H30N2O4/c1-15-11-23(30-14-20-13-24(29)31-27-20)17(3)16(2)21(15)12-19-9-10-22(28)25(26-19)18-7-5-4-6-8-18/h9-11,18,28H,4-8,12-14H2,1-3H3. The Hall–Kier alpha value is -2.89. The highest BCUT2D eigenvalue weighted by atomic mass is 16.7. The van der Waals surface area contributed by atoms with Crippen molar-refractivity contribution in [1.82, 2.24) is 4.98 Å². The molecular weight excluding hydrogens is 392 g/mol. The lowest BCUT2D eigenvalue weighted by Gasteiger charge is -2.22. The number of carbonyl (C=O) groups is 1. The third kappa shape index (κ3) is 4.73. The Morgan fingerprint density at radius 2 is 1.90 bits per heavy atom. The number of aryl methyl sites for hydroxylation is 1. The average Bonchev–Trinajstić information content (AvgIpc) is 3.19. The van der Waals surface area contributed by atoms with Gasteiger partial charge in [-0.3, -0.25) is 4.98 Å². The number of oxime groups is 1. The van der Waals surface area contributed by atoms with Crippen LogP contribution in [-0.4, -0.2) is 28.4 Å².